The summed E-state index contributed by atoms with van der Waals surface area (Å²) < 4.78 is 27.5. The van der Waals surface area contributed by atoms with Crippen LogP contribution in [0.2, 0.25) is 0 Å². The number of hydrogen-bond donors (Lipinski definition) is 0. The number of carbonyl (C=O) groups excluding carboxylic acids is 3. The first kappa shape index (κ1) is 29.4. The van der Waals surface area contributed by atoms with Gasteiger partial charge in [0.1, 0.15) is 28.7 Å². The zero-order valence-electron chi connectivity index (χ0n) is 23.1. The molecule has 0 bridgehead atoms. The van der Waals surface area contributed by atoms with Crippen molar-refractivity contribution >= 4 is 17.9 Å². The number of ether oxygens (including phenoxy) is 5. The second kappa shape index (κ2) is 12.6. The summed E-state index contributed by atoms with van der Waals surface area (Å²) in [7, 11) is 2.98. The first-order chi connectivity index (χ1) is 18.9. The molecule has 8 nitrogen and oxygen atoms in total. The molecule has 0 radical (unpaired) electrons. The zero-order valence-corrected chi connectivity index (χ0v) is 23.1. The average Bonchev–Trinajstić information content (AvgIpc) is 2.92. The highest BCUT2D eigenvalue weighted by Crippen LogP contribution is 2.43. The normalized spacial score (nSPS) is 10.2. The van der Waals surface area contributed by atoms with Crippen molar-refractivity contribution in [2.24, 2.45) is 0 Å². The Morgan fingerprint density at radius 2 is 0.875 bits per heavy atom. The van der Waals surface area contributed by atoms with Gasteiger partial charge in [-0.25, -0.2) is 14.4 Å². The molecule has 0 saturated carbocycles. The Morgan fingerprint density at radius 3 is 1.27 bits per heavy atom. The number of methoxy groups -OCH3 is 2. The summed E-state index contributed by atoms with van der Waals surface area (Å²) in [5.41, 5.74) is 2.59. The predicted octanol–water partition coefficient (Wildman–Crippen LogP) is 6.48. The summed E-state index contributed by atoms with van der Waals surface area (Å²) >= 11 is 0. The Balaban J connectivity index is 2.24. The van der Waals surface area contributed by atoms with Crippen molar-refractivity contribution in [3.8, 4) is 51.0 Å². The van der Waals surface area contributed by atoms with Crippen LogP contribution in [0.4, 0.5) is 0 Å². The zero-order chi connectivity index (χ0) is 29.6. The van der Waals surface area contributed by atoms with Crippen LogP contribution in [0.1, 0.15) is 20.8 Å². The lowest BCUT2D eigenvalue weighted by molar-refractivity contribution is -0.131. The summed E-state index contributed by atoms with van der Waals surface area (Å²) in [5, 5.41) is 0. The van der Waals surface area contributed by atoms with Crippen LogP contribution in [0.25, 0.3) is 22.3 Å². The van der Waals surface area contributed by atoms with Crippen molar-refractivity contribution in [2.45, 2.75) is 20.8 Å². The molecule has 0 N–H and O–H groups in total. The van der Waals surface area contributed by atoms with Crippen molar-refractivity contribution in [1.82, 2.24) is 0 Å². The Kier molecular flexibility index (Phi) is 9.29. The van der Waals surface area contributed by atoms with Gasteiger partial charge in [0, 0.05) is 45.5 Å². The van der Waals surface area contributed by atoms with E-state index in [1.54, 1.807) is 61.5 Å². The van der Waals surface area contributed by atoms with Crippen molar-refractivity contribution in [2.75, 3.05) is 14.2 Å². The van der Waals surface area contributed by atoms with Gasteiger partial charge in [-0.1, -0.05) is 25.8 Å². The Morgan fingerprint density at radius 1 is 0.525 bits per heavy atom. The molecule has 0 spiro atoms. The number of carbonyl (C=O) groups is 3. The molecule has 0 amide bonds. The predicted molar refractivity (Wildman–Crippen MR) is 152 cm³/mol. The van der Waals surface area contributed by atoms with Gasteiger partial charge >= 0.3 is 17.9 Å². The first-order valence-corrected chi connectivity index (χ1v) is 12.1. The van der Waals surface area contributed by atoms with E-state index in [0.717, 1.165) is 0 Å². The minimum absolute atomic E-state index is 0.149. The van der Waals surface area contributed by atoms with Crippen LogP contribution in [-0.2, 0) is 14.4 Å². The summed E-state index contributed by atoms with van der Waals surface area (Å²) in [6, 6.07) is 15.0. The van der Waals surface area contributed by atoms with Crippen LogP contribution in [-0.4, -0.2) is 32.1 Å². The van der Waals surface area contributed by atoms with Crippen molar-refractivity contribution in [3.05, 3.63) is 91.1 Å². The molecule has 0 aliphatic rings. The van der Waals surface area contributed by atoms with E-state index >= 15 is 0 Å². The maximum absolute atomic E-state index is 12.6. The van der Waals surface area contributed by atoms with E-state index in [-0.39, 0.29) is 34.0 Å². The van der Waals surface area contributed by atoms with Gasteiger partial charge in [0.2, 0.25) is 0 Å². The second-order valence-electron chi connectivity index (χ2n) is 8.94. The molecule has 8 heteroatoms. The highest BCUT2D eigenvalue weighted by atomic mass is 16.5. The van der Waals surface area contributed by atoms with Crippen molar-refractivity contribution in [1.29, 1.82) is 0 Å². The highest BCUT2D eigenvalue weighted by Gasteiger charge is 2.21. The minimum atomic E-state index is -0.656. The molecule has 40 heavy (non-hydrogen) atoms. The third-order valence-corrected chi connectivity index (χ3v) is 5.61. The molecule has 3 aromatic carbocycles. The summed E-state index contributed by atoms with van der Waals surface area (Å²) in [5.74, 6) is -0.428. The molecule has 0 fully saturated rings. The van der Waals surface area contributed by atoms with Crippen LogP contribution in [0.3, 0.4) is 0 Å². The largest absolute Gasteiger partial charge is 0.497 e. The average molecular weight is 543 g/mol. The minimum Gasteiger partial charge on any atom is -0.497 e. The number of esters is 3. The first-order valence-electron chi connectivity index (χ1n) is 12.1. The van der Waals surface area contributed by atoms with Crippen LogP contribution in [0.5, 0.6) is 28.7 Å². The van der Waals surface area contributed by atoms with Crippen molar-refractivity contribution in [3.63, 3.8) is 0 Å². The van der Waals surface area contributed by atoms with Crippen LogP contribution in [0.15, 0.2) is 91.1 Å². The van der Waals surface area contributed by atoms with E-state index in [1.165, 1.54) is 28.1 Å². The van der Waals surface area contributed by atoms with E-state index in [4.69, 9.17) is 23.7 Å². The lowest BCUT2D eigenvalue weighted by Gasteiger charge is -2.17. The van der Waals surface area contributed by atoms with Gasteiger partial charge in [0.15, 0.2) is 0 Å². The second-order valence-corrected chi connectivity index (χ2v) is 8.94. The maximum atomic E-state index is 12.6. The van der Waals surface area contributed by atoms with Gasteiger partial charge in [0.25, 0.3) is 0 Å². The third kappa shape index (κ3) is 6.85. The fraction of sp³-hybridized carbons (Fsp3) is 0.156. The SMILES string of the molecule is C=C(C)C(=O)Oc1cc(OC)ccc1-c1ccc(-c2ccc(OC)cc2OC(=O)C(=C)C)c(OC(=O)C(=C)C)c1. The molecule has 206 valence electrons. The number of benzene rings is 3. The van der Waals surface area contributed by atoms with E-state index in [9.17, 15) is 14.4 Å². The quantitative estimate of drug-likeness (QED) is 0.163. The van der Waals surface area contributed by atoms with Crippen molar-refractivity contribution < 1.29 is 38.1 Å². The highest BCUT2D eigenvalue weighted by molar-refractivity contribution is 5.94. The van der Waals surface area contributed by atoms with E-state index < -0.39 is 17.9 Å². The molecule has 0 aliphatic carbocycles. The van der Waals surface area contributed by atoms with E-state index in [0.29, 0.717) is 33.8 Å². The summed E-state index contributed by atoms with van der Waals surface area (Å²) in [6.07, 6.45) is 0. The Bertz CT molecular complexity index is 1530. The Labute approximate surface area is 233 Å². The van der Waals surface area contributed by atoms with Crippen LogP contribution < -0.4 is 23.7 Å². The van der Waals surface area contributed by atoms with Gasteiger partial charge in [-0.05, 0) is 62.7 Å². The molecule has 0 aliphatic heterocycles. The van der Waals surface area contributed by atoms with Gasteiger partial charge in [-0.2, -0.15) is 0 Å². The molecule has 3 aromatic rings. The van der Waals surface area contributed by atoms with E-state index in [1.807, 2.05) is 0 Å². The molecular formula is C32H30O8. The molecule has 0 atom stereocenters. The van der Waals surface area contributed by atoms with Gasteiger partial charge in [-0.3, -0.25) is 0 Å². The van der Waals surface area contributed by atoms with Gasteiger partial charge in [-0.15, -0.1) is 0 Å². The lowest BCUT2D eigenvalue weighted by Crippen LogP contribution is -2.11. The molecule has 3 rings (SSSR count). The standard InChI is InChI=1S/C32H30O8/c1-18(2)30(33)38-27-15-21(24-13-10-22(36-7)16-28(24)39-31(34)19(3)4)9-12-25(27)26-14-11-23(37-8)17-29(26)40-32(35)20(5)6/h9-17H,1,3,5H2,2,4,6-8H3. The van der Waals surface area contributed by atoms with Gasteiger partial charge < -0.3 is 23.7 Å². The smallest absolute Gasteiger partial charge is 0.338 e. The number of rotatable bonds is 10. The Hall–Kier alpha value is -5.11. The van der Waals surface area contributed by atoms with Gasteiger partial charge in [0.05, 0.1) is 14.2 Å². The van der Waals surface area contributed by atoms with Crippen LogP contribution in [0, 0.1) is 0 Å². The fourth-order valence-corrected chi connectivity index (χ4v) is 3.45. The fourth-order valence-electron chi connectivity index (χ4n) is 3.45. The molecular weight excluding hydrogens is 512 g/mol. The monoisotopic (exact) mass is 542 g/mol. The lowest BCUT2D eigenvalue weighted by atomic mass is 9.97. The molecule has 0 aromatic heterocycles. The van der Waals surface area contributed by atoms with E-state index in [2.05, 4.69) is 19.7 Å². The van der Waals surface area contributed by atoms with Crippen LogP contribution >= 0.6 is 0 Å². The molecule has 0 saturated heterocycles. The maximum Gasteiger partial charge on any atom is 0.338 e. The summed E-state index contributed by atoms with van der Waals surface area (Å²) in [4.78, 5) is 37.4. The third-order valence-electron chi connectivity index (χ3n) is 5.61. The number of hydrogen-bond acceptors (Lipinski definition) is 8. The molecule has 0 heterocycles. The topological polar surface area (TPSA) is 97.4 Å². The summed E-state index contributed by atoms with van der Waals surface area (Å²) in [6.45, 7) is 15.5. The molecule has 0 unspecified atom stereocenters.